The Kier molecular flexibility index (Phi) is 6.60. The van der Waals surface area contributed by atoms with Crippen molar-refractivity contribution in [1.82, 2.24) is 10.0 Å². The summed E-state index contributed by atoms with van der Waals surface area (Å²) < 4.78 is 31.5. The standard InChI is InChI=1S/C13H20N2O5S/c1-10(13(17)14-8-3-9-16)15-21(18,19)12-6-4-11(20-2)5-7-12/h4-7,10,15-16H,3,8-9H2,1-2H3,(H,14,17)/t10-/m0/s1. The van der Waals surface area contributed by atoms with E-state index in [1.807, 2.05) is 0 Å². The number of sulfonamides is 1. The van der Waals surface area contributed by atoms with E-state index >= 15 is 0 Å². The Bertz CT molecular complexity index is 556. The van der Waals surface area contributed by atoms with Crippen molar-refractivity contribution in [3.05, 3.63) is 24.3 Å². The maximum absolute atomic E-state index is 12.1. The zero-order chi connectivity index (χ0) is 15.9. The quantitative estimate of drug-likeness (QED) is 0.579. The van der Waals surface area contributed by atoms with Crippen LogP contribution >= 0.6 is 0 Å². The summed E-state index contributed by atoms with van der Waals surface area (Å²) in [5.41, 5.74) is 0. The van der Waals surface area contributed by atoms with E-state index in [1.165, 1.54) is 38.3 Å². The van der Waals surface area contributed by atoms with Crippen LogP contribution in [0.25, 0.3) is 0 Å². The van der Waals surface area contributed by atoms with Crippen LogP contribution in [-0.2, 0) is 14.8 Å². The van der Waals surface area contributed by atoms with Crippen molar-refractivity contribution in [2.45, 2.75) is 24.3 Å². The smallest absolute Gasteiger partial charge is 0.241 e. The number of carbonyl (C=O) groups is 1. The van der Waals surface area contributed by atoms with Gasteiger partial charge in [-0.1, -0.05) is 0 Å². The molecule has 0 saturated carbocycles. The highest BCUT2D eigenvalue weighted by Crippen LogP contribution is 2.15. The Balaban J connectivity index is 2.68. The molecule has 118 valence electrons. The third-order valence-electron chi connectivity index (χ3n) is 2.73. The van der Waals surface area contributed by atoms with Gasteiger partial charge in [-0.05, 0) is 37.6 Å². The summed E-state index contributed by atoms with van der Waals surface area (Å²) in [4.78, 5) is 11.7. The normalized spacial score (nSPS) is 12.7. The number of aliphatic hydroxyl groups excluding tert-OH is 1. The molecule has 1 amide bonds. The fraction of sp³-hybridized carbons (Fsp3) is 0.462. The van der Waals surface area contributed by atoms with Gasteiger partial charge in [0.1, 0.15) is 5.75 Å². The first-order valence-electron chi connectivity index (χ1n) is 6.45. The second kappa shape index (κ2) is 7.96. The van der Waals surface area contributed by atoms with Crippen LogP contribution in [0.1, 0.15) is 13.3 Å². The molecule has 0 heterocycles. The van der Waals surface area contributed by atoms with Gasteiger partial charge in [0.25, 0.3) is 0 Å². The van der Waals surface area contributed by atoms with Gasteiger partial charge in [-0.15, -0.1) is 0 Å². The van der Waals surface area contributed by atoms with Crippen LogP contribution in [0.5, 0.6) is 5.75 Å². The first-order valence-corrected chi connectivity index (χ1v) is 7.94. The number of rotatable bonds is 8. The maximum Gasteiger partial charge on any atom is 0.241 e. The minimum absolute atomic E-state index is 0.0355. The molecular formula is C13H20N2O5S. The summed E-state index contributed by atoms with van der Waals surface area (Å²) in [5.74, 6) is 0.101. The maximum atomic E-state index is 12.1. The highest BCUT2D eigenvalue weighted by Gasteiger charge is 2.21. The summed E-state index contributed by atoms with van der Waals surface area (Å²) in [5, 5.41) is 11.2. The van der Waals surface area contributed by atoms with Crippen LogP contribution in [0.3, 0.4) is 0 Å². The van der Waals surface area contributed by atoms with Crippen LogP contribution in [0.2, 0.25) is 0 Å². The van der Waals surface area contributed by atoms with E-state index < -0.39 is 22.0 Å². The molecule has 0 radical (unpaired) electrons. The first-order chi connectivity index (χ1) is 9.90. The number of hydrogen-bond acceptors (Lipinski definition) is 5. The molecule has 0 aliphatic rings. The minimum Gasteiger partial charge on any atom is -0.497 e. The van der Waals surface area contributed by atoms with E-state index in [0.717, 1.165) is 0 Å². The molecule has 7 nitrogen and oxygen atoms in total. The highest BCUT2D eigenvalue weighted by atomic mass is 32.2. The molecule has 0 spiro atoms. The molecule has 0 unspecified atom stereocenters. The lowest BCUT2D eigenvalue weighted by molar-refractivity contribution is -0.122. The van der Waals surface area contributed by atoms with Crippen molar-refractivity contribution >= 4 is 15.9 Å². The summed E-state index contributed by atoms with van der Waals surface area (Å²) in [7, 11) is -2.29. The molecular weight excluding hydrogens is 296 g/mol. The van der Waals surface area contributed by atoms with Crippen molar-refractivity contribution in [2.24, 2.45) is 0 Å². The van der Waals surface area contributed by atoms with Crippen LogP contribution < -0.4 is 14.8 Å². The van der Waals surface area contributed by atoms with Crippen molar-refractivity contribution in [2.75, 3.05) is 20.3 Å². The molecule has 1 rings (SSSR count). The highest BCUT2D eigenvalue weighted by molar-refractivity contribution is 7.89. The fourth-order valence-corrected chi connectivity index (χ4v) is 2.76. The number of hydrogen-bond donors (Lipinski definition) is 3. The number of ether oxygens (including phenoxy) is 1. The van der Waals surface area contributed by atoms with Crippen LogP contribution in [0.4, 0.5) is 0 Å². The number of aliphatic hydroxyl groups is 1. The molecule has 3 N–H and O–H groups in total. The number of carbonyl (C=O) groups excluding carboxylic acids is 1. The Hall–Kier alpha value is -1.64. The van der Waals surface area contributed by atoms with Gasteiger partial charge < -0.3 is 15.2 Å². The van der Waals surface area contributed by atoms with E-state index in [0.29, 0.717) is 18.7 Å². The number of benzene rings is 1. The van der Waals surface area contributed by atoms with Gasteiger partial charge in [0.05, 0.1) is 18.0 Å². The van der Waals surface area contributed by atoms with Gasteiger partial charge in [-0.25, -0.2) is 8.42 Å². The van der Waals surface area contributed by atoms with Crippen molar-refractivity contribution in [3.8, 4) is 5.75 Å². The van der Waals surface area contributed by atoms with Crippen molar-refractivity contribution in [1.29, 1.82) is 0 Å². The molecule has 1 aromatic carbocycles. The molecule has 0 fully saturated rings. The molecule has 0 aromatic heterocycles. The SMILES string of the molecule is COc1ccc(S(=O)(=O)N[C@@H](C)C(=O)NCCCO)cc1. The second-order valence-corrected chi connectivity index (χ2v) is 6.10. The minimum atomic E-state index is -3.78. The molecule has 0 bridgehead atoms. The third kappa shape index (κ3) is 5.33. The third-order valence-corrected chi connectivity index (χ3v) is 4.29. The van der Waals surface area contributed by atoms with Crippen molar-refractivity contribution in [3.63, 3.8) is 0 Å². The topological polar surface area (TPSA) is 105 Å². The number of amides is 1. The van der Waals surface area contributed by atoms with E-state index in [4.69, 9.17) is 9.84 Å². The van der Waals surface area contributed by atoms with E-state index in [2.05, 4.69) is 10.0 Å². The molecule has 0 aliphatic carbocycles. The number of methoxy groups -OCH3 is 1. The average Bonchev–Trinajstić information content (AvgIpc) is 2.47. The van der Waals surface area contributed by atoms with Gasteiger partial charge in [0, 0.05) is 13.2 Å². The second-order valence-electron chi connectivity index (χ2n) is 4.39. The summed E-state index contributed by atoms with van der Waals surface area (Å²) in [6.07, 6.45) is 0.420. The summed E-state index contributed by atoms with van der Waals surface area (Å²) in [6.45, 7) is 1.71. The average molecular weight is 316 g/mol. The Labute approximate surface area is 124 Å². The fourth-order valence-electron chi connectivity index (χ4n) is 1.55. The Morgan fingerprint density at radius 1 is 1.33 bits per heavy atom. The van der Waals surface area contributed by atoms with Gasteiger partial charge in [0.15, 0.2) is 0 Å². The zero-order valence-corrected chi connectivity index (χ0v) is 12.8. The van der Waals surface area contributed by atoms with Crippen LogP contribution in [0, 0.1) is 0 Å². The Morgan fingerprint density at radius 2 is 1.95 bits per heavy atom. The lowest BCUT2D eigenvalue weighted by atomic mass is 10.3. The summed E-state index contributed by atoms with van der Waals surface area (Å²) in [6, 6.07) is 4.95. The molecule has 8 heteroatoms. The molecule has 0 saturated heterocycles. The number of nitrogens with one attached hydrogen (secondary N) is 2. The lowest BCUT2D eigenvalue weighted by Crippen LogP contribution is -2.45. The predicted octanol–water partition coefficient (Wildman–Crippen LogP) is -0.139. The van der Waals surface area contributed by atoms with Gasteiger partial charge in [0.2, 0.25) is 15.9 Å². The van der Waals surface area contributed by atoms with Gasteiger partial charge in [-0.3, -0.25) is 4.79 Å². The predicted molar refractivity (Wildman–Crippen MR) is 77.5 cm³/mol. The molecule has 21 heavy (non-hydrogen) atoms. The zero-order valence-electron chi connectivity index (χ0n) is 12.0. The monoisotopic (exact) mass is 316 g/mol. The molecule has 1 aromatic rings. The van der Waals surface area contributed by atoms with Gasteiger partial charge >= 0.3 is 0 Å². The first kappa shape index (κ1) is 17.4. The summed E-state index contributed by atoms with van der Waals surface area (Å²) >= 11 is 0. The molecule has 1 atom stereocenters. The molecule has 0 aliphatic heterocycles. The lowest BCUT2D eigenvalue weighted by Gasteiger charge is -2.14. The van der Waals surface area contributed by atoms with E-state index in [-0.39, 0.29) is 11.5 Å². The van der Waals surface area contributed by atoms with Crippen molar-refractivity contribution < 1.29 is 23.1 Å². The van der Waals surface area contributed by atoms with Crippen LogP contribution in [-0.4, -0.2) is 45.7 Å². The largest absolute Gasteiger partial charge is 0.497 e. The van der Waals surface area contributed by atoms with E-state index in [1.54, 1.807) is 0 Å². The van der Waals surface area contributed by atoms with Crippen LogP contribution in [0.15, 0.2) is 29.2 Å². The van der Waals surface area contributed by atoms with Gasteiger partial charge in [-0.2, -0.15) is 4.72 Å². The Morgan fingerprint density at radius 3 is 2.48 bits per heavy atom. The van der Waals surface area contributed by atoms with E-state index in [9.17, 15) is 13.2 Å².